The van der Waals surface area contributed by atoms with E-state index < -0.39 is 18.0 Å². The molecule has 1 unspecified atom stereocenters. The van der Waals surface area contributed by atoms with Crippen LogP contribution in [0.25, 0.3) is 0 Å². The zero-order valence-electron chi connectivity index (χ0n) is 17.9. The first-order valence-electron chi connectivity index (χ1n) is 9.68. The lowest BCUT2D eigenvalue weighted by atomic mass is 10.0. The summed E-state index contributed by atoms with van der Waals surface area (Å²) < 4.78 is 26.2. The van der Waals surface area contributed by atoms with Crippen LogP contribution < -0.4 is 14.8 Å². The Hall–Kier alpha value is -3.07. The molecule has 0 fully saturated rings. The van der Waals surface area contributed by atoms with Gasteiger partial charge in [0.1, 0.15) is 23.1 Å². The van der Waals surface area contributed by atoms with Gasteiger partial charge in [-0.3, -0.25) is 10.1 Å². The third-order valence-corrected chi connectivity index (χ3v) is 4.41. The summed E-state index contributed by atoms with van der Waals surface area (Å²) in [5.41, 5.74) is 1.48. The molecule has 1 atom stereocenters. The predicted molar refractivity (Wildman–Crippen MR) is 108 cm³/mol. The lowest BCUT2D eigenvalue weighted by molar-refractivity contribution is -0.145. The molecule has 164 valence electrons. The van der Waals surface area contributed by atoms with Gasteiger partial charge in [0.05, 0.1) is 39.7 Å². The van der Waals surface area contributed by atoms with Crippen molar-refractivity contribution in [1.82, 2.24) is 10.5 Å². The van der Waals surface area contributed by atoms with Crippen molar-refractivity contribution in [1.29, 1.82) is 0 Å². The van der Waals surface area contributed by atoms with Crippen LogP contribution in [0.3, 0.4) is 0 Å². The van der Waals surface area contributed by atoms with Crippen molar-refractivity contribution < 1.29 is 33.1 Å². The van der Waals surface area contributed by atoms with Gasteiger partial charge in [-0.05, 0) is 32.4 Å². The molecule has 0 radical (unpaired) electrons. The number of aromatic nitrogens is 1. The van der Waals surface area contributed by atoms with Crippen molar-refractivity contribution in [3.05, 3.63) is 40.8 Å². The molecule has 1 aromatic heterocycles. The van der Waals surface area contributed by atoms with Crippen molar-refractivity contribution >= 4 is 11.9 Å². The molecule has 0 amide bonds. The number of nitrogens with zero attached hydrogens (tertiary/aromatic N) is 1. The highest BCUT2D eigenvalue weighted by molar-refractivity contribution is 5.91. The summed E-state index contributed by atoms with van der Waals surface area (Å²) in [6.07, 6.45) is 0.299. The number of hydrogen-bond acceptors (Lipinski definition) is 9. The summed E-state index contributed by atoms with van der Waals surface area (Å²) in [5.74, 6) is 0.587. The fourth-order valence-electron chi connectivity index (χ4n) is 2.94. The fourth-order valence-corrected chi connectivity index (χ4v) is 2.94. The largest absolute Gasteiger partial charge is 0.497 e. The van der Waals surface area contributed by atoms with E-state index in [2.05, 4.69) is 10.5 Å². The number of esters is 2. The van der Waals surface area contributed by atoms with Crippen molar-refractivity contribution in [2.45, 2.75) is 39.8 Å². The molecule has 0 saturated heterocycles. The van der Waals surface area contributed by atoms with Gasteiger partial charge < -0.3 is 23.5 Å². The lowest BCUT2D eigenvalue weighted by Crippen LogP contribution is -2.39. The van der Waals surface area contributed by atoms with Crippen LogP contribution in [0.4, 0.5) is 0 Å². The SMILES string of the molecule is CCOC(=O)c1c(C)noc1CNC(Cc1ccc(OC)cc1OC)C(=O)OCC. The Balaban J connectivity index is 2.22. The summed E-state index contributed by atoms with van der Waals surface area (Å²) in [4.78, 5) is 24.7. The Bertz CT molecular complexity index is 863. The monoisotopic (exact) mass is 420 g/mol. The smallest absolute Gasteiger partial charge is 0.343 e. The van der Waals surface area contributed by atoms with Crippen molar-refractivity contribution in [2.75, 3.05) is 27.4 Å². The number of rotatable bonds is 11. The maximum Gasteiger partial charge on any atom is 0.343 e. The first-order chi connectivity index (χ1) is 14.4. The minimum Gasteiger partial charge on any atom is -0.497 e. The number of carbonyl (C=O) groups is 2. The average molecular weight is 420 g/mol. The van der Waals surface area contributed by atoms with Gasteiger partial charge in [0.15, 0.2) is 5.76 Å². The van der Waals surface area contributed by atoms with Crippen LogP contribution in [0.2, 0.25) is 0 Å². The first-order valence-corrected chi connectivity index (χ1v) is 9.68. The Morgan fingerprint density at radius 3 is 2.50 bits per heavy atom. The number of ether oxygens (including phenoxy) is 4. The Kier molecular flexibility index (Phi) is 8.67. The van der Waals surface area contributed by atoms with Crippen LogP contribution >= 0.6 is 0 Å². The molecule has 30 heavy (non-hydrogen) atoms. The van der Waals surface area contributed by atoms with Crippen LogP contribution in [0.15, 0.2) is 22.7 Å². The number of carbonyl (C=O) groups excluding carboxylic acids is 2. The van der Waals surface area contributed by atoms with E-state index in [4.69, 9.17) is 23.5 Å². The van der Waals surface area contributed by atoms with E-state index in [0.717, 1.165) is 5.56 Å². The van der Waals surface area contributed by atoms with E-state index in [1.165, 1.54) is 0 Å². The topological polar surface area (TPSA) is 109 Å². The molecule has 9 nitrogen and oxygen atoms in total. The Morgan fingerprint density at radius 1 is 1.13 bits per heavy atom. The Morgan fingerprint density at radius 2 is 1.87 bits per heavy atom. The standard InChI is InChI=1S/C21H28N2O7/c1-6-28-20(24)16(10-14-8-9-15(26-4)11-17(14)27-5)22-12-18-19(13(3)23-30-18)21(25)29-7-2/h8-9,11,16,22H,6-7,10,12H2,1-5H3. The van der Waals surface area contributed by atoms with E-state index in [9.17, 15) is 9.59 Å². The van der Waals surface area contributed by atoms with Gasteiger partial charge in [0, 0.05) is 12.5 Å². The van der Waals surface area contributed by atoms with Gasteiger partial charge in [-0.25, -0.2) is 4.79 Å². The quantitative estimate of drug-likeness (QED) is 0.548. The van der Waals surface area contributed by atoms with Gasteiger partial charge >= 0.3 is 11.9 Å². The summed E-state index contributed by atoms with van der Waals surface area (Å²) in [6, 6.07) is 4.66. The van der Waals surface area contributed by atoms with Gasteiger partial charge in [-0.1, -0.05) is 11.2 Å². The molecule has 0 bridgehead atoms. The fraction of sp³-hybridized carbons (Fsp3) is 0.476. The number of methoxy groups -OCH3 is 2. The average Bonchev–Trinajstić information content (AvgIpc) is 3.11. The van der Waals surface area contributed by atoms with Crippen LogP contribution in [0, 0.1) is 6.92 Å². The molecule has 0 aliphatic heterocycles. The summed E-state index contributed by atoms with van der Waals surface area (Å²) in [7, 11) is 3.12. The van der Waals surface area contributed by atoms with E-state index in [-0.39, 0.29) is 25.3 Å². The molecule has 0 aliphatic carbocycles. The van der Waals surface area contributed by atoms with Crippen LogP contribution in [0.1, 0.15) is 41.2 Å². The molecule has 1 aromatic carbocycles. The van der Waals surface area contributed by atoms with Gasteiger partial charge in [0.25, 0.3) is 0 Å². The van der Waals surface area contributed by atoms with E-state index in [0.29, 0.717) is 29.4 Å². The van der Waals surface area contributed by atoms with Crippen molar-refractivity contribution in [3.8, 4) is 11.5 Å². The molecule has 2 aromatic rings. The van der Waals surface area contributed by atoms with Gasteiger partial charge in [0.2, 0.25) is 0 Å². The van der Waals surface area contributed by atoms with Gasteiger partial charge in [-0.2, -0.15) is 0 Å². The highest BCUT2D eigenvalue weighted by Crippen LogP contribution is 2.26. The summed E-state index contributed by atoms with van der Waals surface area (Å²) in [5, 5.41) is 6.94. The normalized spacial score (nSPS) is 11.6. The second-order valence-electron chi connectivity index (χ2n) is 6.35. The third-order valence-electron chi connectivity index (χ3n) is 4.41. The lowest BCUT2D eigenvalue weighted by Gasteiger charge is -2.18. The van der Waals surface area contributed by atoms with Crippen LogP contribution in [-0.4, -0.2) is 50.6 Å². The van der Waals surface area contributed by atoms with E-state index >= 15 is 0 Å². The number of hydrogen-bond donors (Lipinski definition) is 1. The minimum atomic E-state index is -0.701. The van der Waals surface area contributed by atoms with Crippen molar-refractivity contribution in [2.24, 2.45) is 0 Å². The molecule has 0 aliphatic rings. The molecular weight excluding hydrogens is 392 g/mol. The minimum absolute atomic E-state index is 0.0942. The number of aryl methyl sites for hydroxylation is 1. The maximum absolute atomic E-state index is 12.5. The van der Waals surface area contributed by atoms with E-state index in [1.807, 2.05) is 6.07 Å². The van der Waals surface area contributed by atoms with Crippen LogP contribution in [0.5, 0.6) is 11.5 Å². The molecule has 1 heterocycles. The van der Waals surface area contributed by atoms with Crippen molar-refractivity contribution in [3.63, 3.8) is 0 Å². The number of nitrogens with one attached hydrogen (secondary N) is 1. The first kappa shape index (κ1) is 23.2. The zero-order valence-corrected chi connectivity index (χ0v) is 17.9. The molecule has 1 N–H and O–H groups in total. The van der Waals surface area contributed by atoms with Gasteiger partial charge in [-0.15, -0.1) is 0 Å². The molecular formula is C21H28N2O7. The molecule has 2 rings (SSSR count). The second kappa shape index (κ2) is 11.2. The summed E-state index contributed by atoms with van der Waals surface area (Å²) in [6.45, 7) is 5.69. The van der Waals surface area contributed by atoms with E-state index in [1.54, 1.807) is 47.1 Å². The Labute approximate surface area is 175 Å². The predicted octanol–water partition coefficient (Wildman–Crippen LogP) is 2.44. The number of benzene rings is 1. The zero-order chi connectivity index (χ0) is 22.1. The third kappa shape index (κ3) is 5.73. The maximum atomic E-state index is 12.5. The molecule has 9 heteroatoms. The summed E-state index contributed by atoms with van der Waals surface area (Å²) >= 11 is 0. The molecule has 0 saturated carbocycles. The van der Waals surface area contributed by atoms with Crippen LogP contribution in [-0.2, 0) is 27.2 Å². The molecule has 0 spiro atoms. The second-order valence-corrected chi connectivity index (χ2v) is 6.35. The highest BCUT2D eigenvalue weighted by atomic mass is 16.5. The highest BCUT2D eigenvalue weighted by Gasteiger charge is 2.26.